The average molecular weight is 322 g/mol. The van der Waals surface area contributed by atoms with Crippen LogP contribution in [0.5, 0.6) is 5.75 Å². The van der Waals surface area contributed by atoms with E-state index in [0.717, 1.165) is 12.8 Å². The Balaban J connectivity index is 1.93. The fourth-order valence-electron chi connectivity index (χ4n) is 2.75. The molecule has 0 radical (unpaired) electrons. The van der Waals surface area contributed by atoms with Gasteiger partial charge in [-0.15, -0.1) is 0 Å². The topological polar surface area (TPSA) is 72.6 Å². The summed E-state index contributed by atoms with van der Waals surface area (Å²) in [4.78, 5) is 0.264. The third kappa shape index (κ3) is 2.62. The van der Waals surface area contributed by atoms with Crippen molar-refractivity contribution in [2.45, 2.75) is 30.7 Å². The van der Waals surface area contributed by atoms with E-state index >= 15 is 0 Å². The zero-order chi connectivity index (χ0) is 15.7. The highest BCUT2D eigenvalue weighted by atomic mass is 32.2. The summed E-state index contributed by atoms with van der Waals surface area (Å²) in [5, 5.41) is 3.98. The molecule has 2 heterocycles. The smallest absolute Gasteiger partial charge is 0.243 e. The van der Waals surface area contributed by atoms with Crippen molar-refractivity contribution >= 4 is 10.0 Å². The molecule has 6 nitrogen and oxygen atoms in total. The van der Waals surface area contributed by atoms with Gasteiger partial charge in [-0.3, -0.25) is 0 Å². The van der Waals surface area contributed by atoms with E-state index in [-0.39, 0.29) is 10.9 Å². The van der Waals surface area contributed by atoms with Gasteiger partial charge in [-0.2, -0.15) is 4.31 Å². The molecule has 1 atom stereocenters. The summed E-state index contributed by atoms with van der Waals surface area (Å²) in [7, 11) is -2.01. The second kappa shape index (κ2) is 5.73. The molecule has 1 aromatic heterocycles. The van der Waals surface area contributed by atoms with E-state index in [0.29, 0.717) is 23.7 Å². The lowest BCUT2D eigenvalue weighted by atomic mass is 10.1. The molecule has 1 aliphatic rings. The van der Waals surface area contributed by atoms with E-state index in [4.69, 9.17) is 9.26 Å². The Hall–Kier alpha value is -1.86. The highest BCUT2D eigenvalue weighted by Crippen LogP contribution is 2.36. The van der Waals surface area contributed by atoms with Gasteiger partial charge < -0.3 is 9.26 Å². The van der Waals surface area contributed by atoms with Gasteiger partial charge in [0.1, 0.15) is 17.2 Å². The SMILES string of the molecule is COc1ccc(S(=O)(=O)N2CCC[C@@H]2c2cc(C)on2)cc1. The van der Waals surface area contributed by atoms with Crippen LogP contribution in [0.15, 0.2) is 39.8 Å². The highest BCUT2D eigenvalue weighted by molar-refractivity contribution is 7.89. The predicted molar refractivity (Wildman–Crippen MR) is 80.1 cm³/mol. The minimum absolute atomic E-state index is 0.260. The predicted octanol–water partition coefficient (Wildman–Crippen LogP) is 2.52. The minimum atomic E-state index is -3.56. The van der Waals surface area contributed by atoms with Crippen LogP contribution < -0.4 is 4.74 Å². The van der Waals surface area contributed by atoms with Crippen LogP contribution in [0, 0.1) is 6.92 Å². The van der Waals surface area contributed by atoms with Gasteiger partial charge in [0.15, 0.2) is 0 Å². The van der Waals surface area contributed by atoms with Crippen molar-refractivity contribution in [3.63, 3.8) is 0 Å². The number of ether oxygens (including phenoxy) is 1. The zero-order valence-electron chi connectivity index (χ0n) is 12.5. The summed E-state index contributed by atoms with van der Waals surface area (Å²) < 4.78 is 37.4. The molecular formula is C15H18N2O4S. The molecule has 0 bridgehead atoms. The van der Waals surface area contributed by atoms with Gasteiger partial charge in [-0.05, 0) is 44.0 Å². The van der Waals surface area contributed by atoms with Crippen LogP contribution in [0.25, 0.3) is 0 Å². The van der Waals surface area contributed by atoms with Crippen LogP contribution in [0.4, 0.5) is 0 Å². The maximum Gasteiger partial charge on any atom is 0.243 e. The van der Waals surface area contributed by atoms with Gasteiger partial charge in [0.2, 0.25) is 10.0 Å². The number of hydrogen-bond donors (Lipinski definition) is 0. The number of sulfonamides is 1. The van der Waals surface area contributed by atoms with Crippen LogP contribution in [-0.2, 0) is 10.0 Å². The molecule has 1 aromatic carbocycles. The van der Waals surface area contributed by atoms with E-state index in [1.54, 1.807) is 44.4 Å². The van der Waals surface area contributed by atoms with Gasteiger partial charge in [0, 0.05) is 12.6 Å². The standard InChI is InChI=1S/C15H18N2O4S/c1-11-10-14(16-21-11)15-4-3-9-17(15)22(18,19)13-7-5-12(20-2)6-8-13/h5-8,10,15H,3-4,9H2,1-2H3/t15-/m1/s1. The number of benzene rings is 1. The fraction of sp³-hybridized carbons (Fsp3) is 0.400. The molecular weight excluding hydrogens is 304 g/mol. The fourth-order valence-corrected chi connectivity index (χ4v) is 4.42. The largest absolute Gasteiger partial charge is 0.497 e. The number of rotatable bonds is 4. The van der Waals surface area contributed by atoms with E-state index in [9.17, 15) is 8.42 Å². The quantitative estimate of drug-likeness (QED) is 0.865. The molecule has 1 saturated heterocycles. The molecule has 0 unspecified atom stereocenters. The van der Waals surface area contributed by atoms with Crippen molar-refractivity contribution in [1.82, 2.24) is 9.46 Å². The monoisotopic (exact) mass is 322 g/mol. The number of methoxy groups -OCH3 is 1. The molecule has 1 aliphatic heterocycles. The van der Waals surface area contributed by atoms with Gasteiger partial charge in [0.05, 0.1) is 18.0 Å². The molecule has 1 fully saturated rings. The first-order valence-corrected chi connectivity index (χ1v) is 8.55. The van der Waals surface area contributed by atoms with Crippen molar-refractivity contribution < 1.29 is 17.7 Å². The lowest BCUT2D eigenvalue weighted by Gasteiger charge is -2.22. The van der Waals surface area contributed by atoms with Gasteiger partial charge in [-0.1, -0.05) is 5.16 Å². The van der Waals surface area contributed by atoms with Gasteiger partial charge >= 0.3 is 0 Å². The Morgan fingerprint density at radius 2 is 2.05 bits per heavy atom. The summed E-state index contributed by atoms with van der Waals surface area (Å²) in [6, 6.07) is 7.97. The first kappa shape index (κ1) is 15.1. The first-order chi connectivity index (χ1) is 10.5. The summed E-state index contributed by atoms with van der Waals surface area (Å²) in [6.07, 6.45) is 1.56. The molecule has 0 saturated carbocycles. The normalized spacial score (nSPS) is 19.5. The van der Waals surface area contributed by atoms with E-state index < -0.39 is 10.0 Å². The van der Waals surface area contributed by atoms with Crippen molar-refractivity contribution in [1.29, 1.82) is 0 Å². The summed E-state index contributed by atoms with van der Waals surface area (Å²) in [5.41, 5.74) is 0.673. The molecule has 0 aliphatic carbocycles. The Bertz CT molecular complexity index is 752. The molecule has 0 N–H and O–H groups in total. The number of aryl methyl sites for hydroxylation is 1. The van der Waals surface area contributed by atoms with Crippen LogP contribution >= 0.6 is 0 Å². The van der Waals surface area contributed by atoms with Gasteiger partial charge in [0.25, 0.3) is 0 Å². The highest BCUT2D eigenvalue weighted by Gasteiger charge is 2.37. The van der Waals surface area contributed by atoms with Crippen LogP contribution in [0.2, 0.25) is 0 Å². The Kier molecular flexibility index (Phi) is 3.92. The Morgan fingerprint density at radius 1 is 1.32 bits per heavy atom. The van der Waals surface area contributed by atoms with E-state index in [1.807, 2.05) is 0 Å². The molecule has 2 aromatic rings. The number of hydrogen-bond acceptors (Lipinski definition) is 5. The summed E-state index contributed by atoms with van der Waals surface area (Å²) in [5.74, 6) is 1.31. The molecule has 7 heteroatoms. The molecule has 0 amide bonds. The second-order valence-electron chi connectivity index (χ2n) is 5.31. The van der Waals surface area contributed by atoms with Crippen molar-refractivity contribution in [3.05, 3.63) is 41.8 Å². The molecule has 3 rings (SSSR count). The zero-order valence-corrected chi connectivity index (χ0v) is 13.3. The molecule has 22 heavy (non-hydrogen) atoms. The summed E-state index contributed by atoms with van der Waals surface area (Å²) >= 11 is 0. The second-order valence-corrected chi connectivity index (χ2v) is 7.20. The van der Waals surface area contributed by atoms with Crippen LogP contribution in [0.1, 0.15) is 30.3 Å². The Labute approximate surface area is 129 Å². The number of aromatic nitrogens is 1. The first-order valence-electron chi connectivity index (χ1n) is 7.11. The number of nitrogens with zero attached hydrogens (tertiary/aromatic N) is 2. The van der Waals surface area contributed by atoms with Gasteiger partial charge in [-0.25, -0.2) is 8.42 Å². The lowest BCUT2D eigenvalue weighted by molar-refractivity contribution is 0.349. The minimum Gasteiger partial charge on any atom is -0.497 e. The van der Waals surface area contributed by atoms with Crippen molar-refractivity contribution in [2.24, 2.45) is 0 Å². The van der Waals surface area contributed by atoms with Crippen molar-refractivity contribution in [3.8, 4) is 5.75 Å². The third-order valence-electron chi connectivity index (χ3n) is 3.86. The van der Waals surface area contributed by atoms with Crippen LogP contribution in [-0.4, -0.2) is 31.5 Å². The van der Waals surface area contributed by atoms with Crippen LogP contribution in [0.3, 0.4) is 0 Å². The summed E-state index contributed by atoms with van der Waals surface area (Å²) in [6.45, 7) is 2.29. The third-order valence-corrected chi connectivity index (χ3v) is 5.78. The van der Waals surface area contributed by atoms with E-state index in [1.165, 1.54) is 4.31 Å². The average Bonchev–Trinajstić information content (AvgIpc) is 3.16. The maximum absolute atomic E-state index is 12.9. The maximum atomic E-state index is 12.9. The van der Waals surface area contributed by atoms with E-state index in [2.05, 4.69) is 5.16 Å². The Morgan fingerprint density at radius 3 is 2.64 bits per heavy atom. The molecule has 118 valence electrons. The lowest BCUT2D eigenvalue weighted by Crippen LogP contribution is -2.30. The van der Waals surface area contributed by atoms with Crippen molar-refractivity contribution in [2.75, 3.05) is 13.7 Å². The molecule has 0 spiro atoms.